The van der Waals surface area contributed by atoms with Crippen LogP contribution in [0.15, 0.2) is 41.2 Å². The first-order valence-electron chi connectivity index (χ1n) is 6.11. The first-order chi connectivity index (χ1) is 8.68. The van der Waals surface area contributed by atoms with Crippen LogP contribution in [-0.2, 0) is 12.0 Å². The molecule has 1 aromatic carbocycles. The second-order valence-electron chi connectivity index (χ2n) is 4.69. The van der Waals surface area contributed by atoms with Crippen LogP contribution in [-0.4, -0.2) is 18.1 Å². The maximum Gasteiger partial charge on any atom is 0.0794 e. The Labute approximate surface area is 112 Å². The van der Waals surface area contributed by atoms with Gasteiger partial charge in [0.1, 0.15) is 0 Å². The first kappa shape index (κ1) is 13.2. The largest absolute Gasteiger partial charge is 0.321 e. The fourth-order valence-electron chi connectivity index (χ4n) is 1.85. The average molecular weight is 261 g/mol. The lowest BCUT2D eigenvalue weighted by atomic mass is 9.93. The van der Waals surface area contributed by atoms with Crippen molar-refractivity contribution in [3.63, 3.8) is 0 Å². The summed E-state index contributed by atoms with van der Waals surface area (Å²) >= 11 is 1.64. The van der Waals surface area contributed by atoms with Gasteiger partial charge >= 0.3 is 0 Å². The van der Waals surface area contributed by atoms with Crippen LogP contribution in [0.2, 0.25) is 0 Å². The van der Waals surface area contributed by atoms with Crippen molar-refractivity contribution >= 4 is 11.3 Å². The molecular formula is C14H19N3S. The van der Waals surface area contributed by atoms with Crippen molar-refractivity contribution in [2.24, 2.45) is 5.73 Å². The summed E-state index contributed by atoms with van der Waals surface area (Å²) in [6, 6.07) is 10.2. The molecule has 3 N–H and O–H groups in total. The predicted molar refractivity (Wildman–Crippen MR) is 76.7 cm³/mol. The van der Waals surface area contributed by atoms with Gasteiger partial charge in [0.2, 0.25) is 0 Å². The van der Waals surface area contributed by atoms with Crippen LogP contribution in [0, 0.1) is 0 Å². The topological polar surface area (TPSA) is 50.9 Å². The lowest BCUT2D eigenvalue weighted by Gasteiger charge is -2.25. The lowest BCUT2D eigenvalue weighted by molar-refractivity contribution is 0.448. The van der Waals surface area contributed by atoms with Gasteiger partial charge in [-0.05, 0) is 12.5 Å². The highest BCUT2D eigenvalue weighted by Gasteiger charge is 2.19. The van der Waals surface area contributed by atoms with E-state index in [-0.39, 0.29) is 5.54 Å². The molecule has 0 bridgehead atoms. The molecule has 0 aliphatic rings. The quantitative estimate of drug-likeness (QED) is 0.783. The lowest BCUT2D eigenvalue weighted by Crippen LogP contribution is -2.43. The van der Waals surface area contributed by atoms with Crippen LogP contribution >= 0.6 is 11.3 Å². The Kier molecular flexibility index (Phi) is 4.47. The van der Waals surface area contributed by atoms with E-state index in [1.807, 2.05) is 23.7 Å². The van der Waals surface area contributed by atoms with Gasteiger partial charge in [0.25, 0.3) is 0 Å². The Balaban J connectivity index is 1.79. The molecule has 0 saturated carbocycles. The van der Waals surface area contributed by atoms with Crippen LogP contribution in [0.1, 0.15) is 18.2 Å². The molecule has 2 rings (SSSR count). The van der Waals surface area contributed by atoms with E-state index in [0.717, 1.165) is 30.8 Å². The van der Waals surface area contributed by atoms with Crippen LogP contribution < -0.4 is 11.1 Å². The number of aromatic nitrogens is 1. The summed E-state index contributed by atoms with van der Waals surface area (Å²) in [6.45, 7) is 3.72. The third-order valence-electron chi connectivity index (χ3n) is 2.97. The van der Waals surface area contributed by atoms with Crippen molar-refractivity contribution in [3.8, 4) is 0 Å². The summed E-state index contributed by atoms with van der Waals surface area (Å²) < 4.78 is 0. The molecule has 0 fully saturated rings. The van der Waals surface area contributed by atoms with E-state index < -0.39 is 0 Å². The summed E-state index contributed by atoms with van der Waals surface area (Å²) in [4.78, 5) is 4.26. The standard InChI is InChI=1S/C14H19N3S/c1-14(15,12-5-3-2-4-6-12)10-16-8-7-13-9-18-11-17-13/h2-6,9,11,16H,7-8,10,15H2,1H3. The first-order valence-corrected chi connectivity index (χ1v) is 7.05. The Bertz CT molecular complexity index is 451. The monoisotopic (exact) mass is 261 g/mol. The Morgan fingerprint density at radius 1 is 1.33 bits per heavy atom. The van der Waals surface area contributed by atoms with E-state index in [1.165, 1.54) is 0 Å². The minimum Gasteiger partial charge on any atom is -0.321 e. The minimum absolute atomic E-state index is 0.330. The number of benzene rings is 1. The number of hydrogen-bond acceptors (Lipinski definition) is 4. The van der Waals surface area contributed by atoms with E-state index in [0.29, 0.717) is 0 Å². The van der Waals surface area contributed by atoms with Crippen LogP contribution in [0.25, 0.3) is 0 Å². The van der Waals surface area contributed by atoms with Crippen molar-refractivity contribution in [1.29, 1.82) is 0 Å². The molecule has 1 heterocycles. The summed E-state index contributed by atoms with van der Waals surface area (Å²) in [7, 11) is 0. The normalized spacial score (nSPS) is 14.3. The molecule has 96 valence electrons. The molecule has 0 radical (unpaired) electrons. The van der Waals surface area contributed by atoms with E-state index in [4.69, 9.17) is 5.73 Å². The van der Waals surface area contributed by atoms with Gasteiger partial charge in [0.05, 0.1) is 16.7 Å². The van der Waals surface area contributed by atoms with Crippen molar-refractivity contribution in [2.75, 3.05) is 13.1 Å². The van der Waals surface area contributed by atoms with Gasteiger partial charge < -0.3 is 11.1 Å². The van der Waals surface area contributed by atoms with E-state index >= 15 is 0 Å². The number of hydrogen-bond donors (Lipinski definition) is 2. The van der Waals surface area contributed by atoms with Crippen LogP contribution in [0.5, 0.6) is 0 Å². The SMILES string of the molecule is CC(N)(CNCCc1cscn1)c1ccccc1. The average Bonchev–Trinajstić information content (AvgIpc) is 2.89. The van der Waals surface area contributed by atoms with Crippen LogP contribution in [0.4, 0.5) is 0 Å². The molecule has 1 aromatic heterocycles. The van der Waals surface area contributed by atoms with E-state index in [2.05, 4.69) is 34.7 Å². The van der Waals surface area contributed by atoms with Crippen molar-refractivity contribution in [1.82, 2.24) is 10.3 Å². The second-order valence-corrected chi connectivity index (χ2v) is 5.41. The predicted octanol–water partition coefficient (Wildman–Crippen LogP) is 2.15. The highest BCUT2D eigenvalue weighted by Crippen LogP contribution is 2.15. The Morgan fingerprint density at radius 2 is 2.11 bits per heavy atom. The molecule has 0 spiro atoms. The van der Waals surface area contributed by atoms with Gasteiger partial charge in [-0.1, -0.05) is 30.3 Å². The summed E-state index contributed by atoms with van der Waals surface area (Å²) in [5.41, 5.74) is 10.2. The molecule has 0 amide bonds. The number of nitrogens with zero attached hydrogens (tertiary/aromatic N) is 1. The molecule has 2 aromatic rings. The maximum atomic E-state index is 6.32. The molecule has 1 unspecified atom stereocenters. The zero-order chi connectivity index (χ0) is 12.8. The molecule has 3 nitrogen and oxygen atoms in total. The van der Waals surface area contributed by atoms with Gasteiger partial charge in [0, 0.05) is 24.9 Å². The summed E-state index contributed by atoms with van der Waals surface area (Å²) in [5, 5.41) is 5.49. The van der Waals surface area contributed by atoms with Crippen molar-refractivity contribution in [3.05, 3.63) is 52.5 Å². The Morgan fingerprint density at radius 3 is 2.78 bits per heavy atom. The highest BCUT2D eigenvalue weighted by atomic mass is 32.1. The van der Waals surface area contributed by atoms with Gasteiger partial charge in [-0.15, -0.1) is 11.3 Å². The second kappa shape index (κ2) is 6.09. The number of thiazole rings is 1. The highest BCUT2D eigenvalue weighted by molar-refractivity contribution is 7.07. The molecular weight excluding hydrogens is 242 g/mol. The minimum atomic E-state index is -0.330. The molecule has 18 heavy (non-hydrogen) atoms. The number of nitrogens with one attached hydrogen (secondary N) is 1. The third-order valence-corrected chi connectivity index (χ3v) is 3.60. The van der Waals surface area contributed by atoms with E-state index in [1.54, 1.807) is 11.3 Å². The zero-order valence-corrected chi connectivity index (χ0v) is 11.4. The smallest absolute Gasteiger partial charge is 0.0794 e. The van der Waals surface area contributed by atoms with Gasteiger partial charge in [-0.2, -0.15) is 0 Å². The van der Waals surface area contributed by atoms with Crippen molar-refractivity contribution in [2.45, 2.75) is 18.9 Å². The summed E-state index contributed by atoms with van der Waals surface area (Å²) in [5.74, 6) is 0. The number of nitrogens with two attached hydrogens (primary N) is 1. The van der Waals surface area contributed by atoms with Gasteiger partial charge in [-0.25, -0.2) is 4.98 Å². The third kappa shape index (κ3) is 3.63. The van der Waals surface area contributed by atoms with E-state index in [9.17, 15) is 0 Å². The molecule has 1 atom stereocenters. The fraction of sp³-hybridized carbons (Fsp3) is 0.357. The zero-order valence-electron chi connectivity index (χ0n) is 10.6. The summed E-state index contributed by atoms with van der Waals surface area (Å²) in [6.07, 6.45) is 0.953. The van der Waals surface area contributed by atoms with Crippen molar-refractivity contribution < 1.29 is 0 Å². The molecule has 4 heteroatoms. The number of rotatable bonds is 6. The van der Waals surface area contributed by atoms with Gasteiger partial charge in [-0.3, -0.25) is 0 Å². The molecule has 0 saturated heterocycles. The maximum absolute atomic E-state index is 6.32. The van der Waals surface area contributed by atoms with Crippen LogP contribution in [0.3, 0.4) is 0 Å². The van der Waals surface area contributed by atoms with Gasteiger partial charge in [0.15, 0.2) is 0 Å². The molecule has 0 aliphatic heterocycles. The fourth-order valence-corrected chi connectivity index (χ4v) is 2.44. The Hall–Kier alpha value is -1.23. The molecule has 0 aliphatic carbocycles.